The molecule has 0 saturated heterocycles. The summed E-state index contributed by atoms with van der Waals surface area (Å²) in [7, 11) is 3.23. The fourth-order valence-corrected chi connectivity index (χ4v) is 1.71. The number of ether oxygens (including phenoxy) is 2. The van der Waals surface area contributed by atoms with Crippen molar-refractivity contribution in [2.24, 2.45) is 0 Å². The first-order valence-corrected chi connectivity index (χ1v) is 6.75. The van der Waals surface area contributed by atoms with Gasteiger partial charge in [-0.1, -0.05) is 23.7 Å². The molecule has 5 heteroatoms. The van der Waals surface area contributed by atoms with Crippen LogP contribution in [0.3, 0.4) is 0 Å². The lowest BCUT2D eigenvalue weighted by molar-refractivity contribution is -0.127. The largest absolute Gasteiger partial charge is 0.383 e. The van der Waals surface area contributed by atoms with E-state index in [1.807, 2.05) is 12.1 Å². The Labute approximate surface area is 124 Å². The van der Waals surface area contributed by atoms with Gasteiger partial charge in [-0.05, 0) is 23.8 Å². The van der Waals surface area contributed by atoms with Crippen molar-refractivity contribution in [3.05, 3.63) is 40.9 Å². The molecule has 0 bridgehead atoms. The SMILES string of the molecule is COCCN(CCOC)C(=O)/C=C/c1ccc(Cl)cc1. The molecule has 0 radical (unpaired) electrons. The zero-order chi connectivity index (χ0) is 14.8. The highest BCUT2D eigenvalue weighted by molar-refractivity contribution is 6.30. The molecule has 0 aliphatic rings. The topological polar surface area (TPSA) is 38.8 Å². The minimum atomic E-state index is -0.0611. The summed E-state index contributed by atoms with van der Waals surface area (Å²) >= 11 is 5.81. The number of carbonyl (C=O) groups excluding carboxylic acids is 1. The van der Waals surface area contributed by atoms with E-state index < -0.39 is 0 Å². The molecule has 4 nitrogen and oxygen atoms in total. The maximum absolute atomic E-state index is 12.1. The van der Waals surface area contributed by atoms with Gasteiger partial charge in [-0.2, -0.15) is 0 Å². The molecule has 0 aliphatic carbocycles. The molecule has 0 atom stereocenters. The van der Waals surface area contributed by atoms with Gasteiger partial charge in [0.25, 0.3) is 0 Å². The first-order valence-electron chi connectivity index (χ1n) is 6.38. The smallest absolute Gasteiger partial charge is 0.246 e. The average molecular weight is 298 g/mol. The third-order valence-electron chi connectivity index (χ3n) is 2.73. The van der Waals surface area contributed by atoms with Crippen molar-refractivity contribution >= 4 is 23.6 Å². The van der Waals surface area contributed by atoms with E-state index in [1.54, 1.807) is 43.4 Å². The van der Waals surface area contributed by atoms with Crippen LogP contribution in [0.15, 0.2) is 30.3 Å². The zero-order valence-corrected chi connectivity index (χ0v) is 12.6. The van der Waals surface area contributed by atoms with Crippen LogP contribution >= 0.6 is 11.6 Å². The molecule has 1 aromatic carbocycles. The van der Waals surface area contributed by atoms with E-state index in [1.165, 1.54) is 0 Å². The molecule has 0 heterocycles. The molecule has 0 fully saturated rings. The van der Waals surface area contributed by atoms with Gasteiger partial charge in [0.05, 0.1) is 13.2 Å². The average Bonchev–Trinajstić information content (AvgIpc) is 2.46. The summed E-state index contributed by atoms with van der Waals surface area (Å²) in [6.45, 7) is 2.10. The minimum absolute atomic E-state index is 0.0611. The number of nitrogens with zero attached hydrogens (tertiary/aromatic N) is 1. The molecule has 0 aromatic heterocycles. The van der Waals surface area contributed by atoms with Crippen molar-refractivity contribution in [3.63, 3.8) is 0 Å². The highest BCUT2D eigenvalue weighted by Crippen LogP contribution is 2.10. The predicted molar refractivity (Wildman–Crippen MR) is 80.8 cm³/mol. The van der Waals surface area contributed by atoms with Crippen molar-refractivity contribution in [2.75, 3.05) is 40.5 Å². The third kappa shape index (κ3) is 6.19. The summed E-state index contributed by atoms with van der Waals surface area (Å²) in [5.41, 5.74) is 0.932. The quantitative estimate of drug-likeness (QED) is 0.692. The number of benzene rings is 1. The molecule has 0 saturated carbocycles. The van der Waals surface area contributed by atoms with E-state index in [4.69, 9.17) is 21.1 Å². The van der Waals surface area contributed by atoms with Gasteiger partial charge in [0, 0.05) is 38.4 Å². The normalized spacial score (nSPS) is 10.9. The van der Waals surface area contributed by atoms with Gasteiger partial charge in [0.15, 0.2) is 0 Å². The number of methoxy groups -OCH3 is 2. The number of amides is 1. The predicted octanol–water partition coefficient (Wildman–Crippen LogP) is 2.47. The van der Waals surface area contributed by atoms with Crippen LogP contribution in [0.5, 0.6) is 0 Å². The Bertz CT molecular complexity index is 423. The van der Waals surface area contributed by atoms with Crippen molar-refractivity contribution in [1.29, 1.82) is 0 Å². The Morgan fingerprint density at radius 1 is 1.15 bits per heavy atom. The number of hydrogen-bond donors (Lipinski definition) is 0. The van der Waals surface area contributed by atoms with Crippen LogP contribution in [-0.2, 0) is 14.3 Å². The van der Waals surface area contributed by atoms with Crippen LogP contribution in [0.2, 0.25) is 5.02 Å². The molecular weight excluding hydrogens is 278 g/mol. The molecule has 0 unspecified atom stereocenters. The Morgan fingerprint density at radius 3 is 2.20 bits per heavy atom. The highest BCUT2D eigenvalue weighted by Gasteiger charge is 2.09. The Hall–Kier alpha value is -1.36. The van der Waals surface area contributed by atoms with E-state index in [0.717, 1.165) is 5.56 Å². The first-order chi connectivity index (χ1) is 9.67. The fourth-order valence-electron chi connectivity index (χ4n) is 1.58. The van der Waals surface area contributed by atoms with Crippen molar-refractivity contribution in [3.8, 4) is 0 Å². The molecule has 110 valence electrons. The first kappa shape index (κ1) is 16.7. The van der Waals surface area contributed by atoms with Crippen LogP contribution in [0.4, 0.5) is 0 Å². The molecule has 0 spiro atoms. The molecule has 1 rings (SSSR count). The van der Waals surface area contributed by atoms with Gasteiger partial charge in [-0.15, -0.1) is 0 Å². The van der Waals surface area contributed by atoms with E-state index >= 15 is 0 Å². The summed E-state index contributed by atoms with van der Waals surface area (Å²) in [5.74, 6) is -0.0611. The molecule has 20 heavy (non-hydrogen) atoms. The fraction of sp³-hybridized carbons (Fsp3) is 0.400. The van der Waals surface area contributed by atoms with Crippen molar-refractivity contribution in [2.45, 2.75) is 0 Å². The molecule has 0 N–H and O–H groups in total. The lowest BCUT2D eigenvalue weighted by Gasteiger charge is -2.20. The summed E-state index contributed by atoms with van der Waals surface area (Å²) < 4.78 is 10.0. The van der Waals surface area contributed by atoms with Crippen LogP contribution < -0.4 is 0 Å². The lowest BCUT2D eigenvalue weighted by Crippen LogP contribution is -2.35. The monoisotopic (exact) mass is 297 g/mol. The van der Waals surface area contributed by atoms with Crippen LogP contribution in [0, 0.1) is 0 Å². The molecule has 1 amide bonds. The molecule has 0 aliphatic heterocycles. The van der Waals surface area contributed by atoms with Gasteiger partial charge in [-0.25, -0.2) is 0 Å². The Kier molecular flexibility index (Phi) is 7.95. The summed E-state index contributed by atoms with van der Waals surface area (Å²) in [6.07, 6.45) is 3.32. The van der Waals surface area contributed by atoms with Gasteiger partial charge in [-0.3, -0.25) is 4.79 Å². The van der Waals surface area contributed by atoms with Gasteiger partial charge in [0.2, 0.25) is 5.91 Å². The van der Waals surface area contributed by atoms with Crippen molar-refractivity contribution < 1.29 is 14.3 Å². The maximum atomic E-state index is 12.1. The second-order valence-corrected chi connectivity index (χ2v) is 4.63. The zero-order valence-electron chi connectivity index (χ0n) is 11.8. The van der Waals surface area contributed by atoms with Gasteiger partial charge < -0.3 is 14.4 Å². The van der Waals surface area contributed by atoms with E-state index in [9.17, 15) is 4.79 Å². The summed E-state index contributed by atoms with van der Waals surface area (Å²) in [4.78, 5) is 13.8. The van der Waals surface area contributed by atoms with Crippen LogP contribution in [0.1, 0.15) is 5.56 Å². The second kappa shape index (κ2) is 9.53. The van der Waals surface area contributed by atoms with E-state index in [-0.39, 0.29) is 5.91 Å². The third-order valence-corrected chi connectivity index (χ3v) is 2.98. The Morgan fingerprint density at radius 2 is 1.70 bits per heavy atom. The van der Waals surface area contributed by atoms with E-state index in [0.29, 0.717) is 31.3 Å². The molecular formula is C15H20ClNO3. The summed E-state index contributed by atoms with van der Waals surface area (Å²) in [5, 5.41) is 0.676. The number of carbonyl (C=O) groups is 1. The minimum Gasteiger partial charge on any atom is -0.383 e. The van der Waals surface area contributed by atoms with Gasteiger partial charge in [0.1, 0.15) is 0 Å². The maximum Gasteiger partial charge on any atom is 0.246 e. The van der Waals surface area contributed by atoms with Crippen LogP contribution in [-0.4, -0.2) is 51.3 Å². The number of rotatable bonds is 8. The second-order valence-electron chi connectivity index (χ2n) is 4.20. The highest BCUT2D eigenvalue weighted by atomic mass is 35.5. The van der Waals surface area contributed by atoms with Crippen molar-refractivity contribution in [1.82, 2.24) is 4.90 Å². The Balaban J connectivity index is 2.61. The standard InChI is InChI=1S/C15H20ClNO3/c1-19-11-9-17(10-12-20-2)15(18)8-5-13-3-6-14(16)7-4-13/h3-8H,9-12H2,1-2H3/b8-5+. The van der Waals surface area contributed by atoms with Crippen LogP contribution in [0.25, 0.3) is 6.08 Å². The summed E-state index contributed by atoms with van der Waals surface area (Å²) in [6, 6.07) is 7.31. The lowest BCUT2D eigenvalue weighted by atomic mass is 10.2. The van der Waals surface area contributed by atoms with Gasteiger partial charge >= 0.3 is 0 Å². The molecule has 1 aromatic rings. The number of halogens is 1. The van der Waals surface area contributed by atoms with E-state index in [2.05, 4.69) is 0 Å². The number of hydrogen-bond acceptors (Lipinski definition) is 3.